The molecule has 160 valence electrons. The fourth-order valence-corrected chi connectivity index (χ4v) is 4.11. The topological polar surface area (TPSA) is 82.7 Å². The van der Waals surface area contributed by atoms with Gasteiger partial charge in [-0.2, -0.15) is 0 Å². The predicted octanol–water partition coefficient (Wildman–Crippen LogP) is 4.55. The predicted molar refractivity (Wildman–Crippen MR) is 115 cm³/mol. The number of aliphatic hydroxyl groups is 2. The molecule has 2 atom stereocenters. The third kappa shape index (κ3) is 4.89. The van der Waals surface area contributed by atoms with Gasteiger partial charge in [0.05, 0.1) is 18.6 Å². The minimum Gasteiger partial charge on any atom is -0.481 e. The van der Waals surface area contributed by atoms with Crippen LogP contribution in [0.4, 0.5) is 4.39 Å². The van der Waals surface area contributed by atoms with E-state index in [0.717, 1.165) is 27.7 Å². The summed E-state index contributed by atoms with van der Waals surface area (Å²) in [4.78, 5) is 10.7. The molecule has 0 radical (unpaired) electrons. The van der Waals surface area contributed by atoms with Crippen LogP contribution in [0.2, 0.25) is 0 Å². The van der Waals surface area contributed by atoms with Gasteiger partial charge >= 0.3 is 5.97 Å². The van der Waals surface area contributed by atoms with Gasteiger partial charge in [0, 0.05) is 28.2 Å². The fraction of sp³-hybridized carbons (Fsp3) is 0.375. The maximum absolute atomic E-state index is 13.5. The summed E-state index contributed by atoms with van der Waals surface area (Å²) in [7, 11) is 0. The van der Waals surface area contributed by atoms with Crippen LogP contribution in [0.25, 0.3) is 22.0 Å². The summed E-state index contributed by atoms with van der Waals surface area (Å²) in [6.07, 6.45) is -1.34. The first kappa shape index (κ1) is 22.0. The van der Waals surface area contributed by atoms with E-state index in [1.54, 1.807) is 12.1 Å². The molecule has 1 aromatic heterocycles. The maximum Gasteiger partial charge on any atom is 0.305 e. The lowest BCUT2D eigenvalue weighted by molar-refractivity contribution is -0.139. The highest BCUT2D eigenvalue weighted by molar-refractivity contribution is 5.98. The second-order valence-corrected chi connectivity index (χ2v) is 7.99. The third-order valence-corrected chi connectivity index (χ3v) is 5.33. The first-order valence-electron chi connectivity index (χ1n) is 10.2. The number of para-hydroxylation sites is 1. The number of halogens is 1. The molecule has 3 rings (SSSR count). The number of hydrogen-bond acceptors (Lipinski definition) is 3. The van der Waals surface area contributed by atoms with E-state index < -0.39 is 18.2 Å². The lowest BCUT2D eigenvalue weighted by Crippen LogP contribution is -2.21. The van der Waals surface area contributed by atoms with E-state index in [2.05, 4.69) is 24.5 Å². The minimum atomic E-state index is -1.09. The Bertz CT molecular complexity index is 1010. The number of carboxylic acids is 1. The molecule has 0 aliphatic carbocycles. The first-order valence-corrected chi connectivity index (χ1v) is 10.2. The van der Waals surface area contributed by atoms with E-state index in [-0.39, 0.29) is 24.7 Å². The fourth-order valence-electron chi connectivity index (χ4n) is 4.11. The van der Waals surface area contributed by atoms with Gasteiger partial charge in [-0.25, -0.2) is 4.39 Å². The number of aliphatic hydroxyl groups excluding tert-OH is 2. The van der Waals surface area contributed by atoms with E-state index in [9.17, 15) is 19.4 Å². The van der Waals surface area contributed by atoms with Gasteiger partial charge in [-0.05, 0) is 56.9 Å². The number of aromatic nitrogens is 1. The van der Waals surface area contributed by atoms with E-state index >= 15 is 0 Å². The van der Waals surface area contributed by atoms with Gasteiger partial charge in [0.25, 0.3) is 0 Å². The monoisotopic (exact) mass is 413 g/mol. The van der Waals surface area contributed by atoms with Gasteiger partial charge in [0.15, 0.2) is 0 Å². The average Bonchev–Trinajstić information content (AvgIpc) is 3.00. The van der Waals surface area contributed by atoms with Crippen molar-refractivity contribution >= 4 is 16.9 Å². The molecule has 1 heterocycles. The SMILES string of the molecule is CC(C)n1c(CCC(O)CC(O)CC(=O)O)c(-c2ccc(F)cc2)c2ccccc21. The van der Waals surface area contributed by atoms with Gasteiger partial charge in [-0.15, -0.1) is 0 Å². The van der Waals surface area contributed by atoms with Crippen molar-refractivity contribution in [3.05, 3.63) is 60.0 Å². The van der Waals surface area contributed by atoms with Crippen molar-refractivity contribution in [2.45, 2.75) is 57.8 Å². The number of aliphatic carboxylic acids is 1. The highest BCUT2D eigenvalue weighted by Crippen LogP contribution is 2.38. The van der Waals surface area contributed by atoms with Crippen LogP contribution < -0.4 is 0 Å². The summed E-state index contributed by atoms with van der Waals surface area (Å²) in [5.74, 6) is -1.39. The van der Waals surface area contributed by atoms with Crippen LogP contribution in [0.15, 0.2) is 48.5 Å². The zero-order valence-electron chi connectivity index (χ0n) is 17.3. The standard InChI is InChI=1S/C24H28FNO4/c1-15(2)26-21-6-4-3-5-20(21)24(16-7-9-17(25)10-8-16)22(26)12-11-18(27)13-19(28)14-23(29)30/h3-10,15,18-19,27-28H,11-14H2,1-2H3,(H,29,30). The van der Waals surface area contributed by atoms with E-state index in [1.807, 2.05) is 18.2 Å². The Morgan fingerprint density at radius 2 is 1.70 bits per heavy atom. The molecule has 3 aromatic rings. The Morgan fingerprint density at radius 1 is 1.03 bits per heavy atom. The molecule has 0 spiro atoms. The Hall–Kier alpha value is -2.70. The zero-order valence-corrected chi connectivity index (χ0v) is 17.3. The van der Waals surface area contributed by atoms with Crippen LogP contribution in [0, 0.1) is 5.82 Å². The molecule has 2 unspecified atom stereocenters. The van der Waals surface area contributed by atoms with Crippen molar-refractivity contribution in [3.8, 4) is 11.1 Å². The van der Waals surface area contributed by atoms with Crippen LogP contribution in [-0.2, 0) is 11.2 Å². The van der Waals surface area contributed by atoms with Gasteiger partial charge in [-0.3, -0.25) is 4.79 Å². The molecule has 0 saturated heterocycles. The van der Waals surface area contributed by atoms with Crippen molar-refractivity contribution in [2.24, 2.45) is 0 Å². The Balaban J connectivity index is 1.98. The number of fused-ring (bicyclic) bond motifs is 1. The molecule has 0 fully saturated rings. The lowest BCUT2D eigenvalue weighted by Gasteiger charge is -2.19. The molecule has 5 nitrogen and oxygen atoms in total. The quantitative estimate of drug-likeness (QED) is 0.481. The van der Waals surface area contributed by atoms with Crippen molar-refractivity contribution in [2.75, 3.05) is 0 Å². The third-order valence-electron chi connectivity index (χ3n) is 5.33. The maximum atomic E-state index is 13.5. The van der Waals surface area contributed by atoms with E-state index in [4.69, 9.17) is 5.11 Å². The summed E-state index contributed by atoms with van der Waals surface area (Å²) >= 11 is 0. The van der Waals surface area contributed by atoms with Crippen LogP contribution in [0.3, 0.4) is 0 Å². The molecule has 30 heavy (non-hydrogen) atoms. The van der Waals surface area contributed by atoms with Crippen LogP contribution in [-0.4, -0.2) is 38.1 Å². The first-order chi connectivity index (χ1) is 14.3. The normalized spacial score (nSPS) is 13.7. The number of nitrogens with zero attached hydrogens (tertiary/aromatic N) is 1. The molecular weight excluding hydrogens is 385 g/mol. The minimum absolute atomic E-state index is 0.0140. The zero-order chi connectivity index (χ0) is 21.8. The summed E-state index contributed by atoms with van der Waals surface area (Å²) in [5.41, 5.74) is 4.02. The summed E-state index contributed by atoms with van der Waals surface area (Å²) in [5, 5.41) is 30.1. The summed E-state index contributed by atoms with van der Waals surface area (Å²) < 4.78 is 15.7. The molecule has 0 bridgehead atoms. The van der Waals surface area contributed by atoms with Gasteiger partial charge in [-0.1, -0.05) is 30.3 Å². The van der Waals surface area contributed by atoms with Crippen molar-refractivity contribution in [1.82, 2.24) is 4.57 Å². The Morgan fingerprint density at radius 3 is 2.33 bits per heavy atom. The van der Waals surface area contributed by atoms with Crippen LogP contribution in [0.1, 0.15) is 44.8 Å². The van der Waals surface area contributed by atoms with Crippen LogP contribution >= 0.6 is 0 Å². The van der Waals surface area contributed by atoms with Gasteiger partial charge in [0.1, 0.15) is 5.82 Å². The number of carboxylic acid groups (broad SMARTS) is 1. The van der Waals surface area contributed by atoms with Crippen molar-refractivity contribution < 1.29 is 24.5 Å². The van der Waals surface area contributed by atoms with E-state index in [1.165, 1.54) is 12.1 Å². The molecular formula is C24H28FNO4. The number of hydrogen-bond donors (Lipinski definition) is 3. The molecule has 0 amide bonds. The molecule has 0 aliphatic heterocycles. The van der Waals surface area contributed by atoms with Crippen molar-refractivity contribution in [1.29, 1.82) is 0 Å². The summed E-state index contributed by atoms with van der Waals surface area (Å²) in [6.45, 7) is 4.19. The van der Waals surface area contributed by atoms with Crippen LogP contribution in [0.5, 0.6) is 0 Å². The summed E-state index contributed by atoms with van der Waals surface area (Å²) in [6, 6.07) is 14.6. The van der Waals surface area contributed by atoms with Crippen molar-refractivity contribution in [3.63, 3.8) is 0 Å². The lowest BCUT2D eigenvalue weighted by atomic mass is 9.97. The Kier molecular flexibility index (Phi) is 6.90. The smallest absolute Gasteiger partial charge is 0.305 e. The highest BCUT2D eigenvalue weighted by atomic mass is 19.1. The van der Waals surface area contributed by atoms with E-state index in [0.29, 0.717) is 12.8 Å². The molecule has 0 saturated carbocycles. The molecule has 0 aliphatic rings. The number of benzene rings is 2. The molecule has 6 heteroatoms. The van der Waals surface area contributed by atoms with Gasteiger partial charge < -0.3 is 19.9 Å². The largest absolute Gasteiger partial charge is 0.481 e. The number of rotatable bonds is 9. The molecule has 2 aromatic carbocycles. The highest BCUT2D eigenvalue weighted by Gasteiger charge is 2.22. The van der Waals surface area contributed by atoms with Gasteiger partial charge in [0.2, 0.25) is 0 Å². The average molecular weight is 413 g/mol. The second-order valence-electron chi connectivity index (χ2n) is 7.99. The number of carbonyl (C=O) groups is 1. The molecule has 3 N–H and O–H groups in total. The Labute approximate surface area is 175 Å². The second kappa shape index (κ2) is 9.41.